The summed E-state index contributed by atoms with van der Waals surface area (Å²) in [4.78, 5) is 48.1. The standard InChI is InChI=1S/C35H37N5O4/c1-37-16-18-38(19-17-37)22-31(41)39-15-14-24-20-27(11-13-30(24)39)40(26-9-10-26)33(23-6-4-3-5-7-23)32-28-12-8-25(35(43)44-2)21-29(28)36-34(32)42/h3-8,11-13,20-21,26H,9-10,14-19,22H2,1-2H3,(H,36,42). The maximum absolute atomic E-state index is 13.7. The van der Waals surface area contributed by atoms with Crippen LogP contribution < -0.4 is 15.1 Å². The lowest BCUT2D eigenvalue weighted by molar-refractivity contribution is -0.120. The number of nitrogens with one attached hydrogen (secondary N) is 1. The molecule has 0 spiro atoms. The van der Waals surface area contributed by atoms with Crippen molar-refractivity contribution >= 4 is 46.1 Å². The zero-order chi connectivity index (χ0) is 30.4. The highest BCUT2D eigenvalue weighted by atomic mass is 16.5. The number of hydrogen-bond donors (Lipinski definition) is 1. The van der Waals surface area contributed by atoms with E-state index >= 15 is 0 Å². The average molecular weight is 592 g/mol. The summed E-state index contributed by atoms with van der Waals surface area (Å²) >= 11 is 0. The predicted octanol–water partition coefficient (Wildman–Crippen LogP) is 4.10. The van der Waals surface area contributed by atoms with Gasteiger partial charge >= 0.3 is 5.97 Å². The molecule has 0 bridgehead atoms. The summed E-state index contributed by atoms with van der Waals surface area (Å²) in [5, 5.41) is 3.00. The number of nitrogens with zero attached hydrogens (tertiary/aromatic N) is 4. The number of piperazine rings is 1. The number of methoxy groups -OCH3 is 1. The number of fused-ring (bicyclic) bond motifs is 2. The molecule has 1 saturated heterocycles. The molecule has 2 fully saturated rings. The van der Waals surface area contributed by atoms with Crippen LogP contribution in [0.4, 0.5) is 17.1 Å². The van der Waals surface area contributed by atoms with Gasteiger partial charge in [0.25, 0.3) is 5.91 Å². The molecule has 7 rings (SSSR count). The Bertz CT molecular complexity index is 1660. The maximum atomic E-state index is 13.7. The number of ether oxygens (including phenoxy) is 1. The molecule has 226 valence electrons. The van der Waals surface area contributed by atoms with Crippen molar-refractivity contribution in [2.75, 3.05) is 68.5 Å². The first-order valence-corrected chi connectivity index (χ1v) is 15.4. The second-order valence-corrected chi connectivity index (χ2v) is 12.1. The van der Waals surface area contributed by atoms with E-state index < -0.39 is 5.97 Å². The number of carbonyl (C=O) groups excluding carboxylic acids is 3. The maximum Gasteiger partial charge on any atom is 0.337 e. The highest BCUT2D eigenvalue weighted by molar-refractivity contribution is 6.38. The topological polar surface area (TPSA) is 85.4 Å². The minimum atomic E-state index is -0.448. The number of carbonyl (C=O) groups is 3. The fourth-order valence-corrected chi connectivity index (χ4v) is 6.59. The first-order valence-electron chi connectivity index (χ1n) is 15.4. The first kappa shape index (κ1) is 28.3. The lowest BCUT2D eigenvalue weighted by Crippen LogP contribution is -2.48. The molecule has 2 amide bonds. The van der Waals surface area contributed by atoms with Gasteiger partial charge in [-0.2, -0.15) is 0 Å². The van der Waals surface area contributed by atoms with Crippen LogP contribution in [-0.2, 0) is 20.7 Å². The van der Waals surface area contributed by atoms with Crippen LogP contribution in [0.15, 0.2) is 66.7 Å². The smallest absolute Gasteiger partial charge is 0.337 e. The number of rotatable bonds is 7. The number of anilines is 3. The van der Waals surface area contributed by atoms with Gasteiger partial charge in [0.15, 0.2) is 0 Å². The van der Waals surface area contributed by atoms with Crippen molar-refractivity contribution in [2.24, 2.45) is 0 Å². The number of benzene rings is 3. The third-order valence-electron chi connectivity index (χ3n) is 9.11. The van der Waals surface area contributed by atoms with Crippen molar-refractivity contribution in [3.8, 4) is 0 Å². The van der Waals surface area contributed by atoms with Gasteiger partial charge in [-0.3, -0.25) is 14.5 Å². The molecule has 3 aromatic carbocycles. The molecular weight excluding hydrogens is 554 g/mol. The second-order valence-electron chi connectivity index (χ2n) is 12.1. The van der Waals surface area contributed by atoms with E-state index in [9.17, 15) is 14.4 Å². The summed E-state index contributed by atoms with van der Waals surface area (Å²) in [5.74, 6) is -0.498. The molecule has 0 aromatic heterocycles. The highest BCUT2D eigenvalue weighted by Gasteiger charge is 2.38. The molecule has 0 atom stereocenters. The first-order chi connectivity index (χ1) is 21.4. The molecule has 3 aromatic rings. The van der Waals surface area contributed by atoms with E-state index in [1.807, 2.05) is 41.3 Å². The summed E-state index contributed by atoms with van der Waals surface area (Å²) in [6, 6.07) is 21.9. The van der Waals surface area contributed by atoms with Crippen molar-refractivity contribution < 1.29 is 19.1 Å². The summed E-state index contributed by atoms with van der Waals surface area (Å²) in [7, 11) is 3.47. The zero-order valence-electron chi connectivity index (χ0n) is 25.2. The third-order valence-corrected chi connectivity index (χ3v) is 9.11. The van der Waals surface area contributed by atoms with Crippen molar-refractivity contribution in [3.63, 3.8) is 0 Å². The van der Waals surface area contributed by atoms with Gasteiger partial charge in [-0.05, 0) is 67.8 Å². The molecule has 0 radical (unpaired) electrons. The lowest BCUT2D eigenvalue weighted by Gasteiger charge is -2.33. The molecule has 9 nitrogen and oxygen atoms in total. The highest BCUT2D eigenvalue weighted by Crippen LogP contribution is 2.46. The van der Waals surface area contributed by atoms with Gasteiger partial charge in [0.1, 0.15) is 0 Å². The molecule has 9 heteroatoms. The van der Waals surface area contributed by atoms with Crippen LogP contribution in [0.25, 0.3) is 11.3 Å². The van der Waals surface area contributed by atoms with Crippen molar-refractivity contribution in [2.45, 2.75) is 25.3 Å². The van der Waals surface area contributed by atoms with Crippen LogP contribution in [-0.4, -0.2) is 87.1 Å². The van der Waals surface area contributed by atoms with E-state index in [0.29, 0.717) is 29.9 Å². The van der Waals surface area contributed by atoms with Gasteiger partial charge in [-0.25, -0.2) is 4.79 Å². The van der Waals surface area contributed by atoms with Gasteiger partial charge in [0.05, 0.1) is 36.2 Å². The van der Waals surface area contributed by atoms with Gasteiger partial charge in [-0.15, -0.1) is 0 Å². The molecule has 3 heterocycles. The van der Waals surface area contributed by atoms with Crippen LogP contribution in [0.1, 0.15) is 39.9 Å². The fourth-order valence-electron chi connectivity index (χ4n) is 6.59. The minimum Gasteiger partial charge on any atom is -0.465 e. The normalized spacial score (nSPS) is 19.3. The third kappa shape index (κ3) is 5.27. The Balaban J connectivity index is 1.26. The van der Waals surface area contributed by atoms with E-state index in [-0.39, 0.29) is 17.9 Å². The van der Waals surface area contributed by atoms with Crippen LogP contribution in [0.2, 0.25) is 0 Å². The Morgan fingerprint density at radius 1 is 0.932 bits per heavy atom. The number of likely N-dealkylation sites (N-methyl/N-ethyl adjacent to an activating group) is 1. The molecule has 1 aliphatic carbocycles. The summed E-state index contributed by atoms with van der Waals surface area (Å²) < 4.78 is 4.90. The SMILES string of the molecule is COC(=O)c1ccc2c(c1)NC(=O)C2=C(c1ccccc1)N(c1ccc2c(c1)CCN2C(=O)CN1CCN(C)CC1)C1CC1. The minimum absolute atomic E-state index is 0.151. The van der Waals surface area contributed by atoms with E-state index in [0.717, 1.165) is 79.2 Å². The van der Waals surface area contributed by atoms with E-state index in [2.05, 4.69) is 45.3 Å². The summed E-state index contributed by atoms with van der Waals surface area (Å²) in [6.07, 6.45) is 2.84. The predicted molar refractivity (Wildman–Crippen MR) is 172 cm³/mol. The number of amides is 2. The van der Waals surface area contributed by atoms with Crippen LogP contribution >= 0.6 is 0 Å². The van der Waals surface area contributed by atoms with Gasteiger partial charge in [-0.1, -0.05) is 36.4 Å². The quantitative estimate of drug-likeness (QED) is 0.327. The Morgan fingerprint density at radius 2 is 1.70 bits per heavy atom. The molecule has 4 aliphatic rings. The van der Waals surface area contributed by atoms with E-state index in [4.69, 9.17) is 4.74 Å². The molecule has 44 heavy (non-hydrogen) atoms. The average Bonchev–Trinajstić information content (AvgIpc) is 3.70. The van der Waals surface area contributed by atoms with Gasteiger partial charge < -0.3 is 24.8 Å². The lowest BCUT2D eigenvalue weighted by atomic mass is 9.97. The van der Waals surface area contributed by atoms with Gasteiger partial charge in [0, 0.05) is 55.7 Å². The van der Waals surface area contributed by atoms with Crippen molar-refractivity contribution in [1.29, 1.82) is 0 Å². The Hall–Kier alpha value is -4.47. The molecule has 3 aliphatic heterocycles. The monoisotopic (exact) mass is 591 g/mol. The zero-order valence-corrected chi connectivity index (χ0v) is 25.2. The van der Waals surface area contributed by atoms with Crippen LogP contribution in [0.3, 0.4) is 0 Å². The van der Waals surface area contributed by atoms with E-state index in [1.54, 1.807) is 12.1 Å². The number of esters is 1. The Kier molecular flexibility index (Phi) is 7.43. The Morgan fingerprint density at radius 3 is 2.43 bits per heavy atom. The molecule has 1 N–H and O–H groups in total. The van der Waals surface area contributed by atoms with Crippen molar-refractivity contribution in [1.82, 2.24) is 9.80 Å². The molecular formula is C35H37N5O4. The van der Waals surface area contributed by atoms with Gasteiger partial charge in [0.2, 0.25) is 5.91 Å². The summed E-state index contributed by atoms with van der Waals surface area (Å²) in [5.41, 5.74) is 7.26. The van der Waals surface area contributed by atoms with Crippen LogP contribution in [0.5, 0.6) is 0 Å². The second kappa shape index (κ2) is 11.6. The Labute approximate surface area is 257 Å². The van der Waals surface area contributed by atoms with Crippen LogP contribution in [0, 0.1) is 0 Å². The molecule has 0 unspecified atom stereocenters. The largest absolute Gasteiger partial charge is 0.465 e. The molecule has 1 saturated carbocycles. The fraction of sp³-hybridized carbons (Fsp3) is 0.343. The number of hydrogen-bond acceptors (Lipinski definition) is 7. The van der Waals surface area contributed by atoms with E-state index in [1.165, 1.54) is 7.11 Å². The van der Waals surface area contributed by atoms with Crippen molar-refractivity contribution in [3.05, 3.63) is 89.0 Å². The summed E-state index contributed by atoms with van der Waals surface area (Å²) in [6.45, 7) is 4.92.